The number of hydrogen-bond donors (Lipinski definition) is 1. The Morgan fingerprint density at radius 3 is 2.09 bits per heavy atom. The molecule has 0 radical (unpaired) electrons. The van der Waals surface area contributed by atoms with Gasteiger partial charge in [0.1, 0.15) is 29.9 Å². The number of imidazole rings is 1. The SMILES string of the molecule is COc1ccc(C(OC[C@H]2O[C@@H](n3cnc4c(NC(=O)c5ccccc5)ncnc43)[C@H](O[Si](C)(C)C(C)(C)C)C2F)(c2ccccc2)c2ccc(C)cc2)cc1. The van der Waals surface area contributed by atoms with Gasteiger partial charge in [-0.2, -0.15) is 0 Å². The number of carbonyl (C=O) groups excluding carboxylic acids is 1. The minimum Gasteiger partial charge on any atom is -0.497 e. The Labute approximate surface area is 328 Å². The number of benzene rings is 4. The fourth-order valence-electron chi connectivity index (χ4n) is 6.84. The van der Waals surface area contributed by atoms with Crippen LogP contribution in [0.1, 0.15) is 59.6 Å². The van der Waals surface area contributed by atoms with E-state index in [-0.39, 0.29) is 23.4 Å². The lowest BCUT2D eigenvalue weighted by molar-refractivity contribution is -0.0888. The van der Waals surface area contributed by atoms with Crippen molar-refractivity contribution < 1.29 is 27.8 Å². The highest BCUT2D eigenvalue weighted by atomic mass is 28.4. The maximum absolute atomic E-state index is 17.3. The molecule has 0 saturated carbocycles. The third kappa shape index (κ3) is 7.49. The molecule has 1 amide bonds. The first-order chi connectivity index (χ1) is 26.8. The molecule has 7 rings (SSSR count). The maximum Gasteiger partial charge on any atom is 0.256 e. The van der Waals surface area contributed by atoms with Crippen molar-refractivity contribution >= 4 is 31.2 Å². The summed E-state index contributed by atoms with van der Waals surface area (Å²) in [7, 11) is -0.932. The average molecular weight is 774 g/mol. The molecule has 56 heavy (non-hydrogen) atoms. The summed E-state index contributed by atoms with van der Waals surface area (Å²) in [4.78, 5) is 26.6. The van der Waals surface area contributed by atoms with Gasteiger partial charge in [0.2, 0.25) is 0 Å². The molecule has 3 heterocycles. The summed E-state index contributed by atoms with van der Waals surface area (Å²) < 4.78 is 45.2. The third-order valence-electron chi connectivity index (χ3n) is 11.0. The summed E-state index contributed by atoms with van der Waals surface area (Å²) >= 11 is 0. The molecule has 0 aliphatic carbocycles. The molecule has 12 heteroatoms. The van der Waals surface area contributed by atoms with E-state index in [1.807, 2.05) is 91.9 Å². The molecule has 5 atom stereocenters. The first-order valence-electron chi connectivity index (χ1n) is 18.7. The Hall–Kier alpha value is -5.27. The lowest BCUT2D eigenvalue weighted by atomic mass is 9.79. The number of methoxy groups -OCH3 is 1. The zero-order chi connectivity index (χ0) is 39.7. The van der Waals surface area contributed by atoms with Gasteiger partial charge in [-0.15, -0.1) is 0 Å². The van der Waals surface area contributed by atoms with Gasteiger partial charge in [-0.1, -0.05) is 111 Å². The van der Waals surface area contributed by atoms with Gasteiger partial charge in [0.15, 0.2) is 37.7 Å². The van der Waals surface area contributed by atoms with Crippen LogP contribution in [0.3, 0.4) is 0 Å². The van der Waals surface area contributed by atoms with Crippen molar-refractivity contribution in [3.05, 3.63) is 150 Å². The Balaban J connectivity index is 1.28. The molecule has 4 aromatic carbocycles. The number of aryl methyl sites for hydroxylation is 1. The number of carbonyl (C=O) groups is 1. The summed E-state index contributed by atoms with van der Waals surface area (Å²) in [5.41, 5.74) is 3.72. The normalized spacial score (nSPS) is 19.8. The van der Waals surface area contributed by atoms with Crippen molar-refractivity contribution in [1.29, 1.82) is 0 Å². The fourth-order valence-corrected chi connectivity index (χ4v) is 8.12. The van der Waals surface area contributed by atoms with Crippen molar-refractivity contribution in [3.63, 3.8) is 0 Å². The van der Waals surface area contributed by atoms with E-state index in [0.717, 1.165) is 22.3 Å². The number of aromatic nitrogens is 4. The zero-order valence-electron chi connectivity index (χ0n) is 32.8. The van der Waals surface area contributed by atoms with E-state index in [2.05, 4.69) is 54.1 Å². The fraction of sp³-hybridized carbons (Fsp3) is 0.318. The summed E-state index contributed by atoms with van der Waals surface area (Å²) in [6.07, 6.45) is -1.73. The van der Waals surface area contributed by atoms with Crippen molar-refractivity contribution in [3.8, 4) is 5.75 Å². The number of nitrogens with one attached hydrogen (secondary N) is 1. The minimum atomic E-state index is -2.56. The van der Waals surface area contributed by atoms with E-state index in [0.29, 0.717) is 22.5 Å². The van der Waals surface area contributed by atoms with E-state index in [9.17, 15) is 4.79 Å². The molecule has 0 spiro atoms. The predicted octanol–water partition coefficient (Wildman–Crippen LogP) is 9.03. The van der Waals surface area contributed by atoms with Gasteiger partial charge in [-0.05, 0) is 66.0 Å². The zero-order valence-corrected chi connectivity index (χ0v) is 33.8. The smallest absolute Gasteiger partial charge is 0.256 e. The second-order valence-electron chi connectivity index (χ2n) is 15.7. The van der Waals surface area contributed by atoms with E-state index >= 15 is 4.39 Å². The van der Waals surface area contributed by atoms with Crippen LogP contribution in [0.2, 0.25) is 18.1 Å². The van der Waals surface area contributed by atoms with Crippen molar-refractivity contribution in [1.82, 2.24) is 19.5 Å². The van der Waals surface area contributed by atoms with Crippen molar-refractivity contribution in [2.75, 3.05) is 19.0 Å². The lowest BCUT2D eigenvalue weighted by Crippen LogP contribution is -2.48. The second kappa shape index (κ2) is 15.7. The summed E-state index contributed by atoms with van der Waals surface area (Å²) in [6, 6.07) is 34.7. The van der Waals surface area contributed by atoms with Crippen molar-refractivity contribution in [2.45, 2.75) is 76.0 Å². The Bertz CT molecular complexity index is 2270. The van der Waals surface area contributed by atoms with Crippen LogP contribution in [-0.4, -0.2) is 65.8 Å². The molecule has 10 nitrogen and oxygen atoms in total. The predicted molar refractivity (Wildman–Crippen MR) is 217 cm³/mol. The maximum atomic E-state index is 17.3. The first kappa shape index (κ1) is 39.0. The summed E-state index contributed by atoms with van der Waals surface area (Å²) in [5.74, 6) is 0.587. The average Bonchev–Trinajstić information content (AvgIpc) is 3.76. The van der Waals surface area contributed by atoms with Crippen LogP contribution >= 0.6 is 0 Å². The summed E-state index contributed by atoms with van der Waals surface area (Å²) in [5, 5.41) is 2.63. The highest BCUT2D eigenvalue weighted by molar-refractivity contribution is 6.74. The Morgan fingerprint density at radius 2 is 1.46 bits per heavy atom. The second-order valence-corrected chi connectivity index (χ2v) is 20.4. The molecule has 2 unspecified atom stereocenters. The molecular formula is C44H48FN5O5Si. The lowest BCUT2D eigenvalue weighted by Gasteiger charge is -2.39. The van der Waals surface area contributed by atoms with Gasteiger partial charge < -0.3 is 24.0 Å². The highest BCUT2D eigenvalue weighted by Gasteiger charge is 2.53. The molecule has 1 aliphatic rings. The van der Waals surface area contributed by atoms with Gasteiger partial charge in [-0.3, -0.25) is 9.36 Å². The molecule has 1 N–H and O–H groups in total. The number of anilines is 1. The molecule has 1 aliphatic heterocycles. The van der Waals surface area contributed by atoms with E-state index < -0.39 is 38.5 Å². The largest absolute Gasteiger partial charge is 0.497 e. The van der Waals surface area contributed by atoms with Gasteiger partial charge >= 0.3 is 0 Å². The third-order valence-corrected chi connectivity index (χ3v) is 15.5. The topological polar surface area (TPSA) is 110 Å². The number of halogens is 1. The van der Waals surface area contributed by atoms with E-state index in [4.69, 9.17) is 18.6 Å². The van der Waals surface area contributed by atoms with Gasteiger partial charge in [0.05, 0.1) is 20.0 Å². The minimum absolute atomic E-state index is 0.121. The molecule has 290 valence electrons. The molecule has 1 fully saturated rings. The van der Waals surface area contributed by atoms with Crippen LogP contribution in [0.5, 0.6) is 5.75 Å². The molecule has 6 aromatic rings. The molecule has 2 aromatic heterocycles. The monoisotopic (exact) mass is 773 g/mol. The number of hydrogen-bond acceptors (Lipinski definition) is 8. The number of nitrogens with zero attached hydrogens (tertiary/aromatic N) is 4. The van der Waals surface area contributed by atoms with Crippen LogP contribution in [0.4, 0.5) is 10.2 Å². The Kier molecular flexibility index (Phi) is 10.9. The van der Waals surface area contributed by atoms with Crippen LogP contribution in [0.25, 0.3) is 11.2 Å². The van der Waals surface area contributed by atoms with Crippen LogP contribution in [0, 0.1) is 6.92 Å². The van der Waals surface area contributed by atoms with Gasteiger partial charge in [0.25, 0.3) is 5.91 Å². The first-order valence-corrected chi connectivity index (χ1v) is 21.7. The molecule has 1 saturated heterocycles. The van der Waals surface area contributed by atoms with Gasteiger partial charge in [0, 0.05) is 5.56 Å². The number of alkyl halides is 1. The van der Waals surface area contributed by atoms with Crippen LogP contribution in [0.15, 0.2) is 122 Å². The number of ether oxygens (including phenoxy) is 3. The standard InChI is InChI=1S/C44H48FN5O5Si/c1-29-18-20-32(21-19-29)44(31-16-12-9-13-17-31,33-22-24-34(52-5)25-23-33)53-26-35-36(45)38(55-56(6,7)43(2,3)4)42(54-35)50-28-48-37-39(46-27-47-40(37)50)49-41(51)30-14-10-8-11-15-30/h8-25,27-28,35-36,38,42H,26H2,1-7H3,(H,46,47,49,51)/t35-,36?,38-,42-,44?/m1/s1. The van der Waals surface area contributed by atoms with Crippen LogP contribution in [-0.2, 0) is 19.5 Å². The quantitative estimate of drug-likeness (QED) is 0.0970. The number of amides is 1. The molecular weight excluding hydrogens is 726 g/mol. The highest BCUT2D eigenvalue weighted by Crippen LogP contribution is 2.46. The van der Waals surface area contributed by atoms with Crippen molar-refractivity contribution in [2.24, 2.45) is 0 Å². The number of rotatable bonds is 12. The van der Waals surface area contributed by atoms with Crippen LogP contribution < -0.4 is 10.1 Å². The summed E-state index contributed by atoms with van der Waals surface area (Å²) in [6.45, 7) is 12.4. The van der Waals surface area contributed by atoms with E-state index in [1.165, 1.54) is 12.7 Å². The van der Waals surface area contributed by atoms with E-state index in [1.54, 1.807) is 35.9 Å². The number of fused-ring (bicyclic) bond motifs is 1. The Morgan fingerprint density at radius 1 is 0.857 bits per heavy atom. The molecule has 0 bridgehead atoms. The van der Waals surface area contributed by atoms with Gasteiger partial charge in [-0.25, -0.2) is 19.3 Å².